The molecule has 0 aliphatic heterocycles. The van der Waals surface area contributed by atoms with E-state index in [2.05, 4.69) is 13.8 Å². The van der Waals surface area contributed by atoms with Crippen LogP contribution < -0.4 is 9.47 Å². The molecule has 0 N–H and O–H groups in total. The molecule has 1 rings (SSSR count). The lowest BCUT2D eigenvalue weighted by Crippen LogP contribution is -2.01. The highest BCUT2D eigenvalue weighted by atomic mass is 35.5. The van der Waals surface area contributed by atoms with E-state index in [1.807, 2.05) is 0 Å². The molecule has 0 amide bonds. The van der Waals surface area contributed by atoms with Crippen molar-refractivity contribution in [1.29, 1.82) is 0 Å². The van der Waals surface area contributed by atoms with Crippen molar-refractivity contribution in [3.05, 3.63) is 23.0 Å². The molecule has 0 aliphatic carbocycles. The first kappa shape index (κ1) is 15.1. The lowest BCUT2D eigenvalue weighted by Gasteiger charge is -2.11. The Morgan fingerprint density at radius 3 is 2.06 bits per heavy atom. The average Bonchev–Trinajstić information content (AvgIpc) is 2.37. The molecule has 0 aromatic heterocycles. The van der Waals surface area contributed by atoms with Crippen molar-refractivity contribution >= 4 is 11.6 Å². The quantitative estimate of drug-likeness (QED) is 0.632. The number of hydrogen-bond acceptors (Lipinski definition) is 2. The predicted octanol–water partition coefficient (Wildman–Crippen LogP) is 4.84. The molecule has 0 unspecified atom stereocenters. The molecule has 0 radical (unpaired) electrons. The van der Waals surface area contributed by atoms with Crippen LogP contribution in [-0.2, 0) is 0 Å². The van der Waals surface area contributed by atoms with Gasteiger partial charge in [-0.2, -0.15) is 0 Å². The summed E-state index contributed by atoms with van der Waals surface area (Å²) in [4.78, 5) is 0. The molecule has 0 atom stereocenters. The summed E-state index contributed by atoms with van der Waals surface area (Å²) in [6.07, 6.45) is 3.85. The van der Waals surface area contributed by atoms with Crippen molar-refractivity contribution in [3.8, 4) is 11.5 Å². The minimum Gasteiger partial charge on any atom is -0.492 e. The van der Waals surface area contributed by atoms with Crippen LogP contribution in [0.5, 0.6) is 11.5 Å². The van der Waals surface area contributed by atoms with Gasteiger partial charge >= 0.3 is 0 Å². The number of hydrogen-bond donors (Lipinski definition) is 0. The lowest BCUT2D eigenvalue weighted by molar-refractivity contribution is 0.287. The molecule has 1 aromatic rings. The minimum atomic E-state index is -0.540. The number of ether oxygens (including phenoxy) is 2. The van der Waals surface area contributed by atoms with Crippen LogP contribution >= 0.6 is 11.6 Å². The Kier molecular flexibility index (Phi) is 6.88. The SMILES string of the molecule is CCCCOc1ccc(OCCCC)c(Cl)c1F. The standard InChI is InChI=1S/C14H20ClFO2/c1-3-5-9-17-11-7-8-12(14(16)13(11)15)18-10-6-4-2/h7-8H,3-6,9-10H2,1-2H3. The third-order valence-electron chi connectivity index (χ3n) is 2.52. The van der Waals surface area contributed by atoms with Crippen LogP contribution in [-0.4, -0.2) is 13.2 Å². The Balaban J connectivity index is 2.65. The van der Waals surface area contributed by atoms with Gasteiger partial charge in [-0.25, -0.2) is 4.39 Å². The minimum absolute atomic E-state index is 0.0000940. The highest BCUT2D eigenvalue weighted by molar-refractivity contribution is 6.32. The summed E-state index contributed by atoms with van der Waals surface area (Å²) in [5.74, 6) is 0.0310. The fraction of sp³-hybridized carbons (Fsp3) is 0.571. The van der Waals surface area contributed by atoms with Gasteiger partial charge in [0, 0.05) is 0 Å². The van der Waals surface area contributed by atoms with Crippen LogP contribution in [0.25, 0.3) is 0 Å². The zero-order chi connectivity index (χ0) is 13.4. The molecular formula is C14H20ClFO2. The van der Waals surface area contributed by atoms with Crippen molar-refractivity contribution in [3.63, 3.8) is 0 Å². The average molecular weight is 275 g/mol. The molecule has 2 nitrogen and oxygen atoms in total. The molecule has 1 aromatic carbocycles. The third kappa shape index (κ3) is 4.37. The zero-order valence-corrected chi connectivity index (χ0v) is 11.7. The Labute approximate surface area is 113 Å². The smallest absolute Gasteiger partial charge is 0.187 e. The van der Waals surface area contributed by atoms with Gasteiger partial charge in [0.25, 0.3) is 0 Å². The molecule has 102 valence electrons. The third-order valence-corrected chi connectivity index (χ3v) is 2.87. The second-order valence-electron chi connectivity index (χ2n) is 4.09. The van der Waals surface area contributed by atoms with Gasteiger partial charge in [0.2, 0.25) is 0 Å². The van der Waals surface area contributed by atoms with Crippen molar-refractivity contribution in [2.24, 2.45) is 0 Å². The topological polar surface area (TPSA) is 18.5 Å². The van der Waals surface area contributed by atoms with Gasteiger partial charge in [-0.1, -0.05) is 38.3 Å². The Bertz CT molecular complexity index is 334. The summed E-state index contributed by atoms with van der Waals surface area (Å²) in [7, 11) is 0. The molecule has 4 heteroatoms. The van der Waals surface area contributed by atoms with Gasteiger partial charge in [-0.05, 0) is 25.0 Å². The van der Waals surface area contributed by atoms with Gasteiger partial charge in [0.1, 0.15) is 10.8 Å². The number of unbranched alkanes of at least 4 members (excludes halogenated alkanes) is 2. The van der Waals surface area contributed by atoms with Gasteiger partial charge in [-0.3, -0.25) is 0 Å². The Morgan fingerprint density at radius 1 is 1.00 bits per heavy atom. The van der Waals surface area contributed by atoms with E-state index in [1.54, 1.807) is 12.1 Å². The molecule has 0 saturated heterocycles. The molecule has 0 heterocycles. The molecule has 0 aliphatic rings. The maximum Gasteiger partial charge on any atom is 0.187 e. The van der Waals surface area contributed by atoms with E-state index in [0.717, 1.165) is 25.7 Å². The normalized spacial score (nSPS) is 10.4. The Hall–Kier alpha value is -0.960. The van der Waals surface area contributed by atoms with E-state index in [4.69, 9.17) is 21.1 Å². The number of rotatable bonds is 8. The van der Waals surface area contributed by atoms with Crippen LogP contribution in [0.1, 0.15) is 39.5 Å². The van der Waals surface area contributed by atoms with E-state index in [0.29, 0.717) is 19.0 Å². The van der Waals surface area contributed by atoms with Crippen molar-refractivity contribution < 1.29 is 13.9 Å². The summed E-state index contributed by atoms with van der Waals surface area (Å²) >= 11 is 5.91. The highest BCUT2D eigenvalue weighted by Crippen LogP contribution is 2.33. The fourth-order valence-electron chi connectivity index (χ4n) is 1.39. The molecule has 0 fully saturated rings. The summed E-state index contributed by atoms with van der Waals surface area (Å²) in [5, 5.41) is 0.0000940. The van der Waals surface area contributed by atoms with Gasteiger partial charge in [0.05, 0.1) is 13.2 Å². The molecule has 0 spiro atoms. The molecule has 0 saturated carbocycles. The van der Waals surface area contributed by atoms with Crippen LogP contribution in [0, 0.1) is 5.82 Å². The monoisotopic (exact) mass is 274 g/mol. The maximum atomic E-state index is 13.9. The first-order chi connectivity index (χ1) is 8.70. The second-order valence-corrected chi connectivity index (χ2v) is 4.47. The molecule has 0 bridgehead atoms. The first-order valence-corrected chi connectivity index (χ1v) is 6.82. The highest BCUT2D eigenvalue weighted by Gasteiger charge is 2.13. The van der Waals surface area contributed by atoms with Gasteiger partial charge in [-0.15, -0.1) is 0 Å². The van der Waals surface area contributed by atoms with Crippen LogP contribution in [0.3, 0.4) is 0 Å². The predicted molar refractivity (Wildman–Crippen MR) is 72.2 cm³/mol. The van der Waals surface area contributed by atoms with Crippen molar-refractivity contribution in [1.82, 2.24) is 0 Å². The molecular weight excluding hydrogens is 255 g/mol. The fourth-order valence-corrected chi connectivity index (χ4v) is 1.60. The van der Waals surface area contributed by atoms with E-state index in [-0.39, 0.29) is 10.8 Å². The largest absolute Gasteiger partial charge is 0.492 e. The van der Waals surface area contributed by atoms with E-state index in [9.17, 15) is 4.39 Å². The van der Waals surface area contributed by atoms with E-state index in [1.165, 1.54) is 0 Å². The summed E-state index contributed by atoms with van der Waals surface area (Å²) in [6, 6.07) is 3.22. The van der Waals surface area contributed by atoms with Crippen molar-refractivity contribution in [2.75, 3.05) is 13.2 Å². The summed E-state index contributed by atoms with van der Waals surface area (Å²) < 4.78 is 24.6. The van der Waals surface area contributed by atoms with Crippen molar-refractivity contribution in [2.45, 2.75) is 39.5 Å². The zero-order valence-electron chi connectivity index (χ0n) is 11.0. The van der Waals surface area contributed by atoms with Crippen LogP contribution in [0.4, 0.5) is 4.39 Å². The van der Waals surface area contributed by atoms with Crippen LogP contribution in [0.2, 0.25) is 5.02 Å². The number of halogens is 2. The second kappa shape index (κ2) is 8.20. The van der Waals surface area contributed by atoms with Gasteiger partial charge in [0.15, 0.2) is 11.6 Å². The Morgan fingerprint density at radius 2 is 1.50 bits per heavy atom. The lowest BCUT2D eigenvalue weighted by atomic mass is 10.3. The first-order valence-electron chi connectivity index (χ1n) is 6.44. The summed E-state index contributed by atoms with van der Waals surface area (Å²) in [6.45, 7) is 5.17. The van der Waals surface area contributed by atoms with Gasteiger partial charge < -0.3 is 9.47 Å². The van der Waals surface area contributed by atoms with E-state index >= 15 is 0 Å². The van der Waals surface area contributed by atoms with E-state index < -0.39 is 5.82 Å². The maximum absolute atomic E-state index is 13.9. The van der Waals surface area contributed by atoms with Crippen LogP contribution in [0.15, 0.2) is 12.1 Å². The molecule has 18 heavy (non-hydrogen) atoms. The number of benzene rings is 1. The summed E-state index contributed by atoms with van der Waals surface area (Å²) in [5.41, 5.74) is 0.